The van der Waals surface area contributed by atoms with Crippen molar-refractivity contribution in [2.75, 3.05) is 45.9 Å². The highest BCUT2D eigenvalue weighted by Gasteiger charge is 2.29. The van der Waals surface area contributed by atoms with E-state index in [1.54, 1.807) is 11.3 Å². The van der Waals surface area contributed by atoms with Crippen molar-refractivity contribution >= 4 is 27.5 Å². The van der Waals surface area contributed by atoms with Crippen molar-refractivity contribution in [2.24, 2.45) is 5.92 Å². The van der Waals surface area contributed by atoms with E-state index in [0.717, 1.165) is 52.0 Å². The summed E-state index contributed by atoms with van der Waals surface area (Å²) in [5, 5.41) is 3.52. The molecule has 0 saturated carbocycles. The Morgan fingerprint density at radius 1 is 1.25 bits per heavy atom. The number of likely N-dealkylation sites (tertiary alicyclic amines) is 1. The smallest absolute Gasteiger partial charge is 0.225 e. The molecule has 4 rings (SSSR count). The van der Waals surface area contributed by atoms with Crippen molar-refractivity contribution < 1.29 is 9.53 Å². The molecule has 130 valence electrons. The van der Waals surface area contributed by atoms with Gasteiger partial charge >= 0.3 is 0 Å². The summed E-state index contributed by atoms with van der Waals surface area (Å²) in [4.78, 5) is 21.7. The van der Waals surface area contributed by atoms with Gasteiger partial charge in [0.2, 0.25) is 5.91 Å². The lowest BCUT2D eigenvalue weighted by Gasteiger charge is -2.35. The molecular weight excluding hydrogens is 322 g/mol. The fraction of sp³-hybridized carbons (Fsp3) is 0.611. The monoisotopic (exact) mass is 347 g/mol. The van der Waals surface area contributed by atoms with E-state index < -0.39 is 0 Å². The number of nitrogens with zero attached hydrogens (tertiary/aromatic N) is 2. The molecule has 1 N–H and O–H groups in total. The molecular formula is C18H25N3O2S. The number of morpholine rings is 1. The number of nitrogens with one attached hydrogen (secondary N) is 1. The number of fused-ring (bicyclic) bond motifs is 1. The molecule has 0 radical (unpaired) electrons. The fourth-order valence-corrected chi connectivity index (χ4v) is 4.63. The minimum atomic E-state index is 0.218. The molecule has 0 unspecified atom stereocenters. The summed E-state index contributed by atoms with van der Waals surface area (Å²) < 4.78 is 5.34. The van der Waals surface area contributed by atoms with E-state index in [0.29, 0.717) is 19.1 Å². The first-order valence-electron chi connectivity index (χ1n) is 8.93. The Balaban J connectivity index is 1.25. The molecule has 2 fully saturated rings. The molecule has 0 aromatic carbocycles. The number of hydrogen-bond acceptors (Lipinski definition) is 4. The van der Waals surface area contributed by atoms with E-state index >= 15 is 0 Å². The van der Waals surface area contributed by atoms with Gasteiger partial charge in [-0.2, -0.15) is 0 Å². The highest BCUT2D eigenvalue weighted by atomic mass is 32.1. The van der Waals surface area contributed by atoms with Gasteiger partial charge in [0, 0.05) is 37.1 Å². The lowest BCUT2D eigenvalue weighted by atomic mass is 9.95. The van der Waals surface area contributed by atoms with Gasteiger partial charge in [0.1, 0.15) is 0 Å². The third-order valence-corrected chi connectivity index (χ3v) is 6.19. The largest absolute Gasteiger partial charge is 0.378 e. The Morgan fingerprint density at radius 2 is 2.04 bits per heavy atom. The average Bonchev–Trinajstić information content (AvgIpc) is 3.25. The minimum absolute atomic E-state index is 0.218. The molecule has 2 aliphatic heterocycles. The van der Waals surface area contributed by atoms with Crippen LogP contribution in [-0.2, 0) is 16.0 Å². The van der Waals surface area contributed by atoms with Crippen LogP contribution in [-0.4, -0.2) is 66.6 Å². The van der Waals surface area contributed by atoms with Gasteiger partial charge in [-0.15, -0.1) is 11.3 Å². The number of hydrogen-bond donors (Lipinski definition) is 1. The zero-order valence-corrected chi connectivity index (χ0v) is 14.8. The highest BCUT2D eigenvalue weighted by Crippen LogP contribution is 2.25. The maximum Gasteiger partial charge on any atom is 0.225 e. The minimum Gasteiger partial charge on any atom is -0.378 e. The first-order valence-corrected chi connectivity index (χ1v) is 9.81. The molecule has 0 bridgehead atoms. The number of carbonyl (C=O) groups is 1. The molecule has 0 atom stereocenters. The number of aromatic nitrogens is 1. The number of amides is 1. The maximum atomic E-state index is 12.6. The van der Waals surface area contributed by atoms with Gasteiger partial charge in [-0.05, 0) is 49.4 Å². The van der Waals surface area contributed by atoms with Crippen molar-refractivity contribution in [1.82, 2.24) is 14.8 Å². The van der Waals surface area contributed by atoms with Gasteiger partial charge in [-0.25, -0.2) is 0 Å². The Morgan fingerprint density at radius 3 is 2.83 bits per heavy atom. The van der Waals surface area contributed by atoms with E-state index in [1.807, 2.05) is 4.90 Å². The van der Waals surface area contributed by atoms with Crippen LogP contribution in [0.2, 0.25) is 0 Å². The van der Waals surface area contributed by atoms with Crippen LogP contribution in [0.4, 0.5) is 0 Å². The number of ether oxygens (including phenoxy) is 1. The van der Waals surface area contributed by atoms with Gasteiger partial charge < -0.3 is 19.5 Å². The topological polar surface area (TPSA) is 48.6 Å². The number of thiophene rings is 1. The van der Waals surface area contributed by atoms with Crippen LogP contribution in [0.1, 0.15) is 18.4 Å². The van der Waals surface area contributed by atoms with Crippen LogP contribution in [0.25, 0.3) is 10.2 Å². The van der Waals surface area contributed by atoms with E-state index in [1.165, 1.54) is 15.8 Å². The fourth-order valence-electron chi connectivity index (χ4n) is 3.84. The third kappa shape index (κ3) is 3.36. The van der Waals surface area contributed by atoms with Gasteiger partial charge in [0.15, 0.2) is 0 Å². The van der Waals surface area contributed by atoms with Crippen LogP contribution >= 0.6 is 11.3 Å². The molecule has 2 aromatic heterocycles. The lowest BCUT2D eigenvalue weighted by molar-refractivity contribution is -0.141. The van der Waals surface area contributed by atoms with Crippen molar-refractivity contribution in [1.29, 1.82) is 0 Å². The van der Waals surface area contributed by atoms with Crippen LogP contribution < -0.4 is 0 Å². The zero-order chi connectivity index (χ0) is 16.4. The molecule has 2 saturated heterocycles. The van der Waals surface area contributed by atoms with Gasteiger partial charge in [-0.1, -0.05) is 0 Å². The maximum absolute atomic E-state index is 12.6. The molecule has 0 spiro atoms. The van der Waals surface area contributed by atoms with Gasteiger partial charge in [-0.3, -0.25) is 4.79 Å². The highest BCUT2D eigenvalue weighted by molar-refractivity contribution is 7.16. The van der Waals surface area contributed by atoms with Crippen molar-refractivity contribution in [3.8, 4) is 0 Å². The van der Waals surface area contributed by atoms with E-state index in [2.05, 4.69) is 27.5 Å². The Kier molecular flexibility index (Phi) is 4.87. The van der Waals surface area contributed by atoms with Crippen LogP contribution in [0.5, 0.6) is 0 Å². The summed E-state index contributed by atoms with van der Waals surface area (Å²) in [5.41, 5.74) is 1.41. The first kappa shape index (κ1) is 16.1. The lowest BCUT2D eigenvalue weighted by Crippen LogP contribution is -2.47. The molecule has 0 aliphatic carbocycles. The van der Waals surface area contributed by atoms with Crippen molar-refractivity contribution in [2.45, 2.75) is 19.3 Å². The van der Waals surface area contributed by atoms with E-state index in [4.69, 9.17) is 4.74 Å². The summed E-state index contributed by atoms with van der Waals surface area (Å²) in [6.07, 6.45) is 5.23. The second-order valence-corrected chi connectivity index (χ2v) is 7.70. The molecule has 2 aromatic rings. The van der Waals surface area contributed by atoms with E-state index in [9.17, 15) is 4.79 Å². The summed E-state index contributed by atoms with van der Waals surface area (Å²) in [6, 6.07) is 2.21. The molecule has 6 heteroatoms. The number of H-pyrrole nitrogens is 1. The predicted octanol–water partition coefficient (Wildman–Crippen LogP) is 2.34. The Bertz CT molecular complexity index is 681. The standard InChI is InChI=1S/C18H25N3O2S/c22-18(21-8-10-23-11-9-21)14-1-5-20(6-2-14)7-3-15-13-19-17-16(15)4-12-24-17/h4,12-14,19H,1-3,5-11H2. The van der Waals surface area contributed by atoms with Crippen LogP contribution in [0.15, 0.2) is 17.6 Å². The number of carbonyl (C=O) groups excluding carboxylic acids is 1. The Hall–Kier alpha value is -1.37. The predicted molar refractivity (Wildman–Crippen MR) is 96.4 cm³/mol. The second kappa shape index (κ2) is 7.25. The molecule has 2 aliphatic rings. The number of rotatable bonds is 4. The molecule has 1 amide bonds. The zero-order valence-electron chi connectivity index (χ0n) is 14.0. The van der Waals surface area contributed by atoms with Gasteiger partial charge in [0.25, 0.3) is 0 Å². The van der Waals surface area contributed by atoms with Gasteiger partial charge in [0.05, 0.1) is 18.0 Å². The summed E-state index contributed by atoms with van der Waals surface area (Å²) in [6.45, 7) is 6.08. The third-order valence-electron chi connectivity index (χ3n) is 5.35. The van der Waals surface area contributed by atoms with E-state index in [-0.39, 0.29) is 5.92 Å². The quantitative estimate of drug-likeness (QED) is 0.924. The second-order valence-electron chi connectivity index (χ2n) is 6.78. The molecule has 5 nitrogen and oxygen atoms in total. The summed E-state index contributed by atoms with van der Waals surface area (Å²) >= 11 is 1.77. The first-order chi connectivity index (χ1) is 11.8. The summed E-state index contributed by atoms with van der Waals surface area (Å²) in [5.74, 6) is 0.568. The van der Waals surface area contributed by atoms with Crippen molar-refractivity contribution in [3.05, 3.63) is 23.2 Å². The number of piperidine rings is 1. The normalized spacial score (nSPS) is 20.8. The summed E-state index contributed by atoms with van der Waals surface area (Å²) in [7, 11) is 0. The number of aromatic amines is 1. The SMILES string of the molecule is O=C(C1CCN(CCc2c[nH]c3sccc23)CC1)N1CCOCC1. The molecule has 4 heterocycles. The molecule has 24 heavy (non-hydrogen) atoms. The average molecular weight is 347 g/mol. The Labute approximate surface area is 146 Å². The van der Waals surface area contributed by atoms with Crippen molar-refractivity contribution in [3.63, 3.8) is 0 Å². The van der Waals surface area contributed by atoms with Crippen LogP contribution in [0.3, 0.4) is 0 Å². The van der Waals surface area contributed by atoms with Crippen LogP contribution in [0, 0.1) is 5.92 Å².